The Kier molecular flexibility index (Phi) is 5.55. The molecule has 1 aliphatic rings. The van der Waals surface area contributed by atoms with E-state index < -0.39 is 0 Å². The van der Waals surface area contributed by atoms with Crippen molar-refractivity contribution in [2.75, 3.05) is 13.2 Å². The Bertz CT molecular complexity index is 252. The lowest BCUT2D eigenvalue weighted by molar-refractivity contribution is -0.142. The number of carbonyl (C=O) groups excluding carboxylic acids is 3. The van der Waals surface area contributed by atoms with Crippen molar-refractivity contribution >= 4 is 26.8 Å². The Hall–Kier alpha value is -0.760. The first-order valence-electron chi connectivity index (χ1n) is 4.43. The SMILES string of the molecule is CC(=O)CN1C(=O)CC(C)C1=O.CP. The molecule has 5 heteroatoms. The highest BCUT2D eigenvalue weighted by molar-refractivity contribution is 7.15. The number of carbonyl (C=O) groups is 3. The largest absolute Gasteiger partial charge is 0.298 e. The Morgan fingerprint density at radius 3 is 2.29 bits per heavy atom. The third-order valence-electron chi connectivity index (χ3n) is 1.85. The molecule has 2 amide bonds. The van der Waals surface area contributed by atoms with Gasteiger partial charge in [-0.15, -0.1) is 9.24 Å². The van der Waals surface area contributed by atoms with Crippen molar-refractivity contribution in [1.29, 1.82) is 0 Å². The van der Waals surface area contributed by atoms with Gasteiger partial charge in [0.2, 0.25) is 11.8 Å². The van der Waals surface area contributed by atoms with Crippen LogP contribution in [0.5, 0.6) is 0 Å². The summed E-state index contributed by atoms with van der Waals surface area (Å²) in [6.07, 6.45) is 0.242. The molecule has 2 unspecified atom stereocenters. The minimum absolute atomic E-state index is 0.0675. The monoisotopic (exact) mass is 217 g/mol. The molecule has 0 N–H and O–H groups in total. The molecule has 0 aliphatic carbocycles. The summed E-state index contributed by atoms with van der Waals surface area (Å²) in [7, 11) is 2.42. The van der Waals surface area contributed by atoms with E-state index in [1.54, 1.807) is 6.92 Å². The lowest BCUT2D eigenvalue weighted by atomic mass is 10.1. The number of Topliss-reactive ketones (excluding diaryl/α,β-unsaturated/α-hetero) is 1. The molecule has 1 rings (SSSR count). The van der Waals surface area contributed by atoms with Crippen LogP contribution in [0.1, 0.15) is 20.3 Å². The summed E-state index contributed by atoms with van der Waals surface area (Å²) in [6, 6.07) is 0. The molecule has 0 radical (unpaired) electrons. The summed E-state index contributed by atoms with van der Waals surface area (Å²) in [5, 5.41) is 0. The molecule has 0 spiro atoms. The summed E-state index contributed by atoms with van der Waals surface area (Å²) in [5.74, 6) is -0.874. The van der Waals surface area contributed by atoms with E-state index in [4.69, 9.17) is 0 Å². The van der Waals surface area contributed by atoms with Crippen LogP contribution in [0, 0.1) is 5.92 Å². The Morgan fingerprint density at radius 1 is 1.50 bits per heavy atom. The van der Waals surface area contributed by atoms with Crippen LogP contribution < -0.4 is 0 Å². The Morgan fingerprint density at radius 2 is 2.00 bits per heavy atom. The number of imide groups is 1. The quantitative estimate of drug-likeness (QED) is 0.499. The molecule has 1 aliphatic heterocycles. The molecule has 1 heterocycles. The topological polar surface area (TPSA) is 54.5 Å². The van der Waals surface area contributed by atoms with Gasteiger partial charge in [-0.25, -0.2) is 0 Å². The van der Waals surface area contributed by atoms with Crippen molar-refractivity contribution in [3.8, 4) is 0 Å². The molecule has 2 atom stereocenters. The molecular weight excluding hydrogens is 201 g/mol. The summed E-state index contributed by atoms with van der Waals surface area (Å²) in [4.78, 5) is 34.0. The zero-order chi connectivity index (χ0) is 11.3. The lowest BCUT2D eigenvalue weighted by Crippen LogP contribution is -2.34. The maximum atomic E-state index is 11.2. The summed E-state index contributed by atoms with van der Waals surface area (Å²) < 4.78 is 0. The zero-order valence-electron chi connectivity index (χ0n) is 8.74. The van der Waals surface area contributed by atoms with Crippen LogP contribution in [-0.2, 0) is 14.4 Å². The molecule has 0 aromatic carbocycles. The summed E-state index contributed by atoms with van der Waals surface area (Å²) >= 11 is 0. The third-order valence-corrected chi connectivity index (χ3v) is 1.85. The Balaban J connectivity index is 0.000000791. The van der Waals surface area contributed by atoms with Crippen molar-refractivity contribution in [3.63, 3.8) is 0 Å². The van der Waals surface area contributed by atoms with Crippen LogP contribution in [0.2, 0.25) is 0 Å². The van der Waals surface area contributed by atoms with Crippen LogP contribution in [-0.4, -0.2) is 35.7 Å². The second-order valence-corrected chi connectivity index (χ2v) is 3.13. The van der Waals surface area contributed by atoms with Gasteiger partial charge in [-0.1, -0.05) is 13.6 Å². The fourth-order valence-corrected chi connectivity index (χ4v) is 1.24. The lowest BCUT2D eigenvalue weighted by Gasteiger charge is -2.10. The van der Waals surface area contributed by atoms with Gasteiger partial charge in [0.15, 0.2) is 0 Å². The average Bonchev–Trinajstić information content (AvgIpc) is 2.35. The fourth-order valence-electron chi connectivity index (χ4n) is 1.24. The molecule has 80 valence electrons. The van der Waals surface area contributed by atoms with Gasteiger partial charge >= 0.3 is 0 Å². The van der Waals surface area contributed by atoms with Gasteiger partial charge < -0.3 is 0 Å². The van der Waals surface area contributed by atoms with Gasteiger partial charge in [-0.05, 0) is 6.92 Å². The fraction of sp³-hybridized carbons (Fsp3) is 0.667. The van der Waals surface area contributed by atoms with Crippen LogP contribution in [0.15, 0.2) is 0 Å². The molecule has 0 saturated carbocycles. The van der Waals surface area contributed by atoms with E-state index in [0.29, 0.717) is 0 Å². The average molecular weight is 217 g/mol. The van der Waals surface area contributed by atoms with E-state index in [9.17, 15) is 14.4 Å². The van der Waals surface area contributed by atoms with Crippen LogP contribution >= 0.6 is 9.24 Å². The van der Waals surface area contributed by atoms with Crippen LogP contribution in [0.4, 0.5) is 0 Å². The molecule has 14 heavy (non-hydrogen) atoms. The highest BCUT2D eigenvalue weighted by Gasteiger charge is 2.35. The van der Waals surface area contributed by atoms with Crippen molar-refractivity contribution in [2.24, 2.45) is 5.92 Å². The molecular formula is C9H16NO3P. The highest BCUT2D eigenvalue weighted by Crippen LogP contribution is 2.17. The Labute approximate surface area is 86.2 Å². The normalized spacial score (nSPS) is 20.6. The van der Waals surface area contributed by atoms with Gasteiger partial charge in [-0.3, -0.25) is 19.3 Å². The number of hydrogen-bond donors (Lipinski definition) is 0. The zero-order valence-corrected chi connectivity index (χ0v) is 9.90. The van der Waals surface area contributed by atoms with E-state index in [2.05, 4.69) is 9.24 Å². The maximum absolute atomic E-state index is 11.2. The van der Waals surface area contributed by atoms with Crippen LogP contribution in [0.25, 0.3) is 0 Å². The molecule has 0 aromatic rings. The number of hydrogen-bond acceptors (Lipinski definition) is 3. The van der Waals surface area contributed by atoms with Gasteiger partial charge in [-0.2, -0.15) is 0 Å². The number of rotatable bonds is 2. The number of likely N-dealkylation sites (tertiary alicyclic amines) is 1. The highest BCUT2D eigenvalue weighted by atomic mass is 31.0. The van der Waals surface area contributed by atoms with E-state index in [1.807, 2.05) is 6.66 Å². The number of amides is 2. The predicted molar refractivity (Wildman–Crippen MR) is 56.8 cm³/mol. The predicted octanol–water partition coefficient (Wildman–Crippen LogP) is 0.462. The standard InChI is InChI=1S/C8H11NO3.CH5P/c1-5-3-7(11)9(8(5)12)4-6(2)10;1-2/h5H,3-4H2,1-2H3;2H2,1H3. The summed E-state index contributed by atoms with van der Waals surface area (Å²) in [6.45, 7) is 4.91. The van der Waals surface area contributed by atoms with E-state index >= 15 is 0 Å². The third kappa shape index (κ3) is 3.18. The van der Waals surface area contributed by atoms with Gasteiger partial charge in [0.05, 0.1) is 6.54 Å². The second kappa shape index (κ2) is 5.86. The van der Waals surface area contributed by atoms with Crippen molar-refractivity contribution < 1.29 is 14.4 Å². The maximum Gasteiger partial charge on any atom is 0.232 e. The van der Waals surface area contributed by atoms with Crippen molar-refractivity contribution in [3.05, 3.63) is 0 Å². The second-order valence-electron chi connectivity index (χ2n) is 3.13. The minimum Gasteiger partial charge on any atom is -0.298 e. The first-order valence-corrected chi connectivity index (χ1v) is 5.59. The number of nitrogens with zero attached hydrogens (tertiary/aromatic N) is 1. The molecule has 0 aromatic heterocycles. The van der Waals surface area contributed by atoms with Crippen molar-refractivity contribution in [2.45, 2.75) is 20.3 Å². The van der Waals surface area contributed by atoms with Gasteiger partial charge in [0.25, 0.3) is 0 Å². The van der Waals surface area contributed by atoms with Crippen LogP contribution in [0.3, 0.4) is 0 Å². The van der Waals surface area contributed by atoms with E-state index in [0.717, 1.165) is 4.90 Å². The molecule has 4 nitrogen and oxygen atoms in total. The smallest absolute Gasteiger partial charge is 0.232 e. The minimum atomic E-state index is -0.253. The molecule has 0 bridgehead atoms. The van der Waals surface area contributed by atoms with E-state index in [-0.39, 0.29) is 36.5 Å². The van der Waals surface area contributed by atoms with Gasteiger partial charge in [0, 0.05) is 12.3 Å². The first-order chi connectivity index (χ1) is 6.52. The molecule has 1 fully saturated rings. The van der Waals surface area contributed by atoms with Crippen molar-refractivity contribution in [1.82, 2.24) is 4.90 Å². The van der Waals surface area contributed by atoms with Gasteiger partial charge in [0.1, 0.15) is 5.78 Å². The number of ketones is 1. The first kappa shape index (κ1) is 13.2. The van der Waals surface area contributed by atoms with E-state index in [1.165, 1.54) is 6.92 Å². The molecule has 1 saturated heterocycles. The summed E-state index contributed by atoms with van der Waals surface area (Å²) in [5.41, 5.74) is 0.